The van der Waals surface area contributed by atoms with Crippen LogP contribution in [0.25, 0.3) is 0 Å². The first-order valence-electron chi connectivity index (χ1n) is 6.35. The second kappa shape index (κ2) is 6.56. The van der Waals surface area contributed by atoms with Crippen LogP contribution in [0.2, 0.25) is 0 Å². The first kappa shape index (κ1) is 13.9. The summed E-state index contributed by atoms with van der Waals surface area (Å²) >= 11 is 0. The van der Waals surface area contributed by atoms with E-state index in [-0.39, 0.29) is 12.3 Å². The van der Waals surface area contributed by atoms with Gasteiger partial charge in [-0.05, 0) is 43.3 Å². The van der Waals surface area contributed by atoms with Crippen LogP contribution in [-0.4, -0.2) is 17.5 Å². The van der Waals surface area contributed by atoms with Crippen molar-refractivity contribution in [3.63, 3.8) is 0 Å². The van der Waals surface area contributed by atoms with Gasteiger partial charge in [0.15, 0.2) is 0 Å². The van der Waals surface area contributed by atoms with Gasteiger partial charge in [0, 0.05) is 11.9 Å². The molecule has 0 aliphatic carbocycles. The van der Waals surface area contributed by atoms with Gasteiger partial charge in [0.25, 0.3) is 0 Å². The summed E-state index contributed by atoms with van der Waals surface area (Å²) < 4.78 is 5.47. The van der Waals surface area contributed by atoms with E-state index in [1.54, 1.807) is 36.5 Å². The SMILES string of the molecule is Cc1ncccc1NC(=O)CCOc1ccc(N)cc1. The molecule has 5 nitrogen and oxygen atoms in total. The van der Waals surface area contributed by atoms with Crippen molar-refractivity contribution in [1.29, 1.82) is 0 Å². The molecule has 0 fully saturated rings. The number of amides is 1. The molecule has 1 aromatic carbocycles. The molecule has 0 spiro atoms. The predicted molar refractivity (Wildman–Crippen MR) is 78.6 cm³/mol. The molecule has 2 rings (SSSR count). The largest absolute Gasteiger partial charge is 0.493 e. The van der Waals surface area contributed by atoms with Gasteiger partial charge in [-0.25, -0.2) is 0 Å². The van der Waals surface area contributed by atoms with Gasteiger partial charge in [0.1, 0.15) is 5.75 Å². The number of pyridine rings is 1. The van der Waals surface area contributed by atoms with Crippen LogP contribution < -0.4 is 15.8 Å². The van der Waals surface area contributed by atoms with Crippen LogP contribution in [-0.2, 0) is 4.79 Å². The Balaban J connectivity index is 1.78. The van der Waals surface area contributed by atoms with Crippen molar-refractivity contribution in [3.05, 3.63) is 48.3 Å². The Kier molecular flexibility index (Phi) is 4.55. The number of nitrogen functional groups attached to an aromatic ring is 1. The third-order valence-electron chi connectivity index (χ3n) is 2.76. The monoisotopic (exact) mass is 271 g/mol. The molecule has 0 saturated heterocycles. The molecular formula is C15H17N3O2. The topological polar surface area (TPSA) is 77.2 Å². The number of benzene rings is 1. The lowest BCUT2D eigenvalue weighted by atomic mass is 10.3. The molecule has 1 amide bonds. The van der Waals surface area contributed by atoms with Crippen molar-refractivity contribution in [3.8, 4) is 5.75 Å². The summed E-state index contributed by atoms with van der Waals surface area (Å²) in [5, 5.41) is 2.80. The lowest BCUT2D eigenvalue weighted by Crippen LogP contribution is -2.16. The molecule has 2 aromatic rings. The molecule has 104 valence electrons. The highest BCUT2D eigenvalue weighted by Gasteiger charge is 2.05. The minimum Gasteiger partial charge on any atom is -0.493 e. The number of ether oxygens (including phenoxy) is 1. The van der Waals surface area contributed by atoms with Crippen LogP contribution in [0.15, 0.2) is 42.6 Å². The fraction of sp³-hybridized carbons (Fsp3) is 0.200. The third kappa shape index (κ3) is 3.98. The zero-order chi connectivity index (χ0) is 14.4. The quantitative estimate of drug-likeness (QED) is 0.818. The van der Waals surface area contributed by atoms with Crippen LogP contribution in [0.4, 0.5) is 11.4 Å². The molecule has 0 radical (unpaired) electrons. The summed E-state index contributed by atoms with van der Waals surface area (Å²) in [5.74, 6) is 0.598. The number of aromatic nitrogens is 1. The van der Waals surface area contributed by atoms with E-state index in [1.807, 2.05) is 13.0 Å². The molecule has 3 N–H and O–H groups in total. The van der Waals surface area contributed by atoms with E-state index in [4.69, 9.17) is 10.5 Å². The van der Waals surface area contributed by atoms with Crippen molar-refractivity contribution in [2.24, 2.45) is 0 Å². The normalized spacial score (nSPS) is 10.1. The maximum absolute atomic E-state index is 11.8. The van der Waals surface area contributed by atoms with E-state index in [9.17, 15) is 4.79 Å². The molecule has 0 atom stereocenters. The Morgan fingerprint density at radius 1 is 1.30 bits per heavy atom. The van der Waals surface area contributed by atoms with Crippen LogP contribution in [0.3, 0.4) is 0 Å². The smallest absolute Gasteiger partial charge is 0.227 e. The number of rotatable bonds is 5. The molecule has 1 heterocycles. The standard InChI is InChI=1S/C15H17N3O2/c1-11-14(3-2-9-17-11)18-15(19)8-10-20-13-6-4-12(16)5-7-13/h2-7,9H,8,10,16H2,1H3,(H,18,19). The van der Waals surface area contributed by atoms with Crippen molar-refractivity contribution in [1.82, 2.24) is 4.98 Å². The second-order valence-electron chi connectivity index (χ2n) is 4.35. The number of aryl methyl sites for hydroxylation is 1. The Morgan fingerprint density at radius 2 is 2.05 bits per heavy atom. The highest BCUT2D eigenvalue weighted by atomic mass is 16.5. The molecule has 5 heteroatoms. The molecule has 0 aliphatic rings. The van der Waals surface area contributed by atoms with E-state index in [1.165, 1.54) is 0 Å². The summed E-state index contributed by atoms with van der Waals surface area (Å²) in [4.78, 5) is 15.9. The Labute approximate surface area is 117 Å². The summed E-state index contributed by atoms with van der Waals surface area (Å²) in [6, 6.07) is 10.7. The van der Waals surface area contributed by atoms with E-state index in [0.29, 0.717) is 18.0 Å². The number of carbonyl (C=O) groups is 1. The van der Waals surface area contributed by atoms with Crippen LogP contribution in [0, 0.1) is 6.92 Å². The first-order chi connectivity index (χ1) is 9.65. The van der Waals surface area contributed by atoms with E-state index < -0.39 is 0 Å². The van der Waals surface area contributed by atoms with Gasteiger partial charge in [0.2, 0.25) is 5.91 Å². The van der Waals surface area contributed by atoms with Crippen LogP contribution in [0.1, 0.15) is 12.1 Å². The number of nitrogens with one attached hydrogen (secondary N) is 1. The fourth-order valence-corrected chi connectivity index (χ4v) is 1.65. The van der Waals surface area contributed by atoms with Gasteiger partial charge in [-0.2, -0.15) is 0 Å². The Bertz CT molecular complexity index is 582. The van der Waals surface area contributed by atoms with Crippen molar-refractivity contribution >= 4 is 17.3 Å². The lowest BCUT2D eigenvalue weighted by Gasteiger charge is -2.08. The van der Waals surface area contributed by atoms with Gasteiger partial charge >= 0.3 is 0 Å². The first-order valence-corrected chi connectivity index (χ1v) is 6.35. The molecule has 0 saturated carbocycles. The van der Waals surface area contributed by atoms with E-state index >= 15 is 0 Å². The summed E-state index contributed by atoms with van der Waals surface area (Å²) in [6.45, 7) is 2.16. The van der Waals surface area contributed by atoms with Crippen molar-refractivity contribution in [2.45, 2.75) is 13.3 Å². The average molecular weight is 271 g/mol. The zero-order valence-electron chi connectivity index (χ0n) is 11.3. The molecule has 0 aliphatic heterocycles. The molecule has 1 aromatic heterocycles. The number of anilines is 2. The Hall–Kier alpha value is -2.56. The van der Waals surface area contributed by atoms with Crippen molar-refractivity contribution in [2.75, 3.05) is 17.7 Å². The van der Waals surface area contributed by atoms with Gasteiger partial charge in [-0.3, -0.25) is 9.78 Å². The maximum atomic E-state index is 11.8. The highest BCUT2D eigenvalue weighted by Crippen LogP contribution is 2.14. The number of nitrogens with zero attached hydrogens (tertiary/aromatic N) is 1. The van der Waals surface area contributed by atoms with Gasteiger partial charge < -0.3 is 15.8 Å². The zero-order valence-corrected chi connectivity index (χ0v) is 11.3. The minimum absolute atomic E-state index is 0.100. The minimum atomic E-state index is -0.100. The summed E-state index contributed by atoms with van der Waals surface area (Å²) in [5.41, 5.74) is 7.78. The fourth-order valence-electron chi connectivity index (χ4n) is 1.65. The maximum Gasteiger partial charge on any atom is 0.227 e. The number of hydrogen-bond donors (Lipinski definition) is 2. The third-order valence-corrected chi connectivity index (χ3v) is 2.76. The molecule has 20 heavy (non-hydrogen) atoms. The summed E-state index contributed by atoms with van der Waals surface area (Å²) in [7, 11) is 0. The number of hydrogen-bond acceptors (Lipinski definition) is 4. The van der Waals surface area contributed by atoms with E-state index in [0.717, 1.165) is 11.4 Å². The van der Waals surface area contributed by atoms with Gasteiger partial charge in [0.05, 0.1) is 24.4 Å². The van der Waals surface area contributed by atoms with Crippen LogP contribution >= 0.6 is 0 Å². The summed E-state index contributed by atoms with van der Waals surface area (Å²) in [6.07, 6.45) is 1.97. The van der Waals surface area contributed by atoms with Crippen LogP contribution in [0.5, 0.6) is 5.75 Å². The van der Waals surface area contributed by atoms with Gasteiger partial charge in [-0.15, -0.1) is 0 Å². The predicted octanol–water partition coefficient (Wildman–Crippen LogP) is 2.38. The highest BCUT2D eigenvalue weighted by molar-refractivity contribution is 5.91. The second-order valence-corrected chi connectivity index (χ2v) is 4.35. The Morgan fingerprint density at radius 3 is 2.75 bits per heavy atom. The van der Waals surface area contributed by atoms with E-state index in [2.05, 4.69) is 10.3 Å². The number of nitrogens with two attached hydrogens (primary N) is 1. The molecular weight excluding hydrogens is 254 g/mol. The average Bonchev–Trinajstić information content (AvgIpc) is 2.44. The molecule has 0 bridgehead atoms. The van der Waals surface area contributed by atoms with Crippen molar-refractivity contribution < 1.29 is 9.53 Å². The molecule has 0 unspecified atom stereocenters. The number of carbonyl (C=O) groups excluding carboxylic acids is 1. The lowest BCUT2D eigenvalue weighted by molar-refractivity contribution is -0.116. The van der Waals surface area contributed by atoms with Gasteiger partial charge in [-0.1, -0.05) is 0 Å².